The number of para-hydroxylation sites is 1. The number of aryl methyl sites for hydroxylation is 1. The lowest BCUT2D eigenvalue weighted by Crippen LogP contribution is -2.34. The van der Waals surface area contributed by atoms with E-state index in [1.54, 1.807) is 28.8 Å². The summed E-state index contributed by atoms with van der Waals surface area (Å²) in [6, 6.07) is 12.5. The van der Waals surface area contributed by atoms with E-state index in [1.807, 2.05) is 18.2 Å². The van der Waals surface area contributed by atoms with Gasteiger partial charge < -0.3 is 0 Å². The molecule has 0 amide bonds. The van der Waals surface area contributed by atoms with Gasteiger partial charge in [-0.25, -0.2) is 13.4 Å². The van der Waals surface area contributed by atoms with E-state index < -0.39 is 10.0 Å². The van der Waals surface area contributed by atoms with Gasteiger partial charge in [-0.1, -0.05) is 37.7 Å². The third kappa shape index (κ3) is 5.20. The predicted octanol–water partition coefficient (Wildman–Crippen LogP) is 4.13. The first-order chi connectivity index (χ1) is 16.1. The van der Waals surface area contributed by atoms with Crippen molar-refractivity contribution < 1.29 is 13.2 Å². The van der Waals surface area contributed by atoms with Crippen LogP contribution in [0, 0.1) is 5.92 Å². The topological polar surface area (TPSA) is 89.3 Å². The zero-order chi connectivity index (χ0) is 24.5. The maximum absolute atomic E-state index is 13.1. The SMILES string of the molecule is CC(C)CCn1c(SCC(=O)c2ccc3c(c2)CCCN3S(C)(=O)=O)nc2ccccc2c1=O. The standard InChI is InChI=1S/C25H29N3O4S2/c1-17(2)12-14-27-24(30)20-8-4-5-9-21(20)26-25(27)33-16-23(29)19-10-11-22-18(15-19)7-6-13-28(22)34(3,31)32/h4-5,8-11,15,17H,6-7,12-14,16H2,1-3H3. The molecule has 0 N–H and O–H groups in total. The second-order valence-electron chi connectivity index (χ2n) is 9.04. The Morgan fingerprint density at radius 3 is 2.68 bits per heavy atom. The van der Waals surface area contributed by atoms with Gasteiger partial charge in [0.1, 0.15) is 0 Å². The Balaban J connectivity index is 1.59. The van der Waals surface area contributed by atoms with Gasteiger partial charge in [0.15, 0.2) is 10.9 Å². The quantitative estimate of drug-likeness (QED) is 0.263. The van der Waals surface area contributed by atoms with Crippen LogP contribution < -0.4 is 9.86 Å². The molecular formula is C25H29N3O4S2. The van der Waals surface area contributed by atoms with E-state index in [4.69, 9.17) is 0 Å². The fraction of sp³-hybridized carbons (Fsp3) is 0.400. The summed E-state index contributed by atoms with van der Waals surface area (Å²) < 4.78 is 27.3. The number of carbonyl (C=O) groups is 1. The molecule has 1 aliphatic heterocycles. The third-order valence-corrected chi connectivity index (χ3v) is 8.12. The minimum absolute atomic E-state index is 0.0814. The second-order valence-corrected chi connectivity index (χ2v) is 11.9. The minimum Gasteiger partial charge on any atom is -0.293 e. The molecule has 0 fully saturated rings. The molecule has 1 aliphatic rings. The molecule has 7 nitrogen and oxygen atoms in total. The van der Waals surface area contributed by atoms with Crippen LogP contribution in [-0.4, -0.2) is 42.3 Å². The van der Waals surface area contributed by atoms with Gasteiger partial charge in [0, 0.05) is 18.7 Å². The summed E-state index contributed by atoms with van der Waals surface area (Å²) in [7, 11) is -3.35. The zero-order valence-electron chi connectivity index (χ0n) is 19.7. The van der Waals surface area contributed by atoms with Crippen LogP contribution in [0.5, 0.6) is 0 Å². The van der Waals surface area contributed by atoms with Crippen molar-refractivity contribution in [2.75, 3.05) is 22.9 Å². The third-order valence-electron chi connectivity index (χ3n) is 5.97. The molecular weight excluding hydrogens is 470 g/mol. The van der Waals surface area contributed by atoms with Crippen LogP contribution in [0.1, 0.15) is 42.6 Å². The molecule has 180 valence electrons. The molecule has 0 saturated carbocycles. The van der Waals surface area contributed by atoms with E-state index in [0.717, 1.165) is 24.8 Å². The molecule has 0 saturated heterocycles. The number of hydrogen-bond donors (Lipinski definition) is 0. The Bertz CT molecular complexity index is 1400. The number of hydrogen-bond acceptors (Lipinski definition) is 6. The summed E-state index contributed by atoms with van der Waals surface area (Å²) in [6.07, 6.45) is 3.49. The number of thioether (sulfide) groups is 1. The fourth-order valence-electron chi connectivity index (χ4n) is 4.14. The van der Waals surface area contributed by atoms with Gasteiger partial charge in [0.2, 0.25) is 10.0 Å². The van der Waals surface area contributed by atoms with Crippen molar-refractivity contribution in [3.8, 4) is 0 Å². The number of ketones is 1. The van der Waals surface area contributed by atoms with Crippen molar-refractivity contribution in [1.29, 1.82) is 0 Å². The summed E-state index contributed by atoms with van der Waals surface area (Å²) in [4.78, 5) is 30.8. The number of fused-ring (bicyclic) bond motifs is 2. The monoisotopic (exact) mass is 499 g/mol. The van der Waals surface area contributed by atoms with Gasteiger partial charge in [-0.3, -0.25) is 18.5 Å². The van der Waals surface area contributed by atoms with Gasteiger partial charge in [-0.05, 0) is 61.1 Å². The van der Waals surface area contributed by atoms with Crippen molar-refractivity contribution in [3.05, 3.63) is 63.9 Å². The molecule has 0 aliphatic carbocycles. The summed E-state index contributed by atoms with van der Waals surface area (Å²) in [5.41, 5.74) is 2.59. The highest BCUT2D eigenvalue weighted by Crippen LogP contribution is 2.30. The number of aromatic nitrogens is 2. The lowest BCUT2D eigenvalue weighted by Gasteiger charge is -2.29. The smallest absolute Gasteiger partial charge is 0.262 e. The van der Waals surface area contributed by atoms with Crippen molar-refractivity contribution >= 4 is 44.2 Å². The minimum atomic E-state index is -3.35. The maximum Gasteiger partial charge on any atom is 0.262 e. The molecule has 3 aromatic rings. The van der Waals surface area contributed by atoms with Crippen LogP contribution in [0.2, 0.25) is 0 Å². The van der Waals surface area contributed by atoms with E-state index >= 15 is 0 Å². The molecule has 34 heavy (non-hydrogen) atoms. The lowest BCUT2D eigenvalue weighted by atomic mass is 9.99. The summed E-state index contributed by atoms with van der Waals surface area (Å²) in [5.74, 6) is 0.489. The van der Waals surface area contributed by atoms with E-state index in [-0.39, 0.29) is 17.1 Å². The fourth-order valence-corrected chi connectivity index (χ4v) is 6.05. The van der Waals surface area contributed by atoms with Gasteiger partial charge in [-0.15, -0.1) is 0 Å². The highest BCUT2D eigenvalue weighted by molar-refractivity contribution is 7.99. The maximum atomic E-state index is 13.1. The molecule has 0 unspecified atom stereocenters. The number of carbonyl (C=O) groups excluding carboxylic acids is 1. The molecule has 0 bridgehead atoms. The zero-order valence-corrected chi connectivity index (χ0v) is 21.3. The van der Waals surface area contributed by atoms with Crippen LogP contribution in [0.4, 0.5) is 5.69 Å². The molecule has 0 radical (unpaired) electrons. The summed E-state index contributed by atoms with van der Waals surface area (Å²) >= 11 is 1.27. The Morgan fingerprint density at radius 2 is 1.94 bits per heavy atom. The molecule has 1 aromatic heterocycles. The average molecular weight is 500 g/mol. The Kier molecular flexibility index (Phi) is 7.14. The van der Waals surface area contributed by atoms with Crippen LogP contribution in [0.25, 0.3) is 10.9 Å². The normalized spacial score (nSPS) is 13.9. The van der Waals surface area contributed by atoms with Gasteiger partial charge >= 0.3 is 0 Å². The van der Waals surface area contributed by atoms with Crippen LogP contribution >= 0.6 is 11.8 Å². The van der Waals surface area contributed by atoms with Crippen molar-refractivity contribution in [1.82, 2.24) is 9.55 Å². The first-order valence-corrected chi connectivity index (χ1v) is 14.2. The lowest BCUT2D eigenvalue weighted by molar-refractivity contribution is 0.102. The van der Waals surface area contributed by atoms with Crippen molar-refractivity contribution in [2.24, 2.45) is 5.92 Å². The van der Waals surface area contributed by atoms with E-state index in [1.165, 1.54) is 22.3 Å². The molecule has 4 rings (SSSR count). The van der Waals surface area contributed by atoms with Crippen LogP contribution in [0.15, 0.2) is 52.4 Å². The Labute approximate surface area is 204 Å². The van der Waals surface area contributed by atoms with Crippen molar-refractivity contribution in [2.45, 2.75) is 44.8 Å². The largest absolute Gasteiger partial charge is 0.293 e. The van der Waals surface area contributed by atoms with E-state index in [9.17, 15) is 18.0 Å². The number of nitrogens with zero attached hydrogens (tertiary/aromatic N) is 3. The highest BCUT2D eigenvalue weighted by atomic mass is 32.2. The number of Topliss-reactive ketones (excluding diaryl/α,β-unsaturated/α-hetero) is 1. The first-order valence-electron chi connectivity index (χ1n) is 11.4. The molecule has 0 spiro atoms. The van der Waals surface area contributed by atoms with Gasteiger partial charge in [0.05, 0.1) is 28.6 Å². The van der Waals surface area contributed by atoms with E-state index in [2.05, 4.69) is 18.8 Å². The summed E-state index contributed by atoms with van der Waals surface area (Å²) in [6.45, 7) is 5.22. The highest BCUT2D eigenvalue weighted by Gasteiger charge is 2.25. The molecule has 2 aromatic carbocycles. The van der Waals surface area contributed by atoms with Crippen LogP contribution in [0.3, 0.4) is 0 Å². The number of benzene rings is 2. The number of sulfonamides is 1. The Morgan fingerprint density at radius 1 is 1.18 bits per heavy atom. The first kappa shape index (κ1) is 24.5. The predicted molar refractivity (Wildman–Crippen MR) is 137 cm³/mol. The molecule has 0 atom stereocenters. The van der Waals surface area contributed by atoms with Gasteiger partial charge in [-0.2, -0.15) is 0 Å². The number of rotatable bonds is 8. The second kappa shape index (κ2) is 9.92. The van der Waals surface area contributed by atoms with Gasteiger partial charge in [0.25, 0.3) is 5.56 Å². The van der Waals surface area contributed by atoms with Crippen LogP contribution in [-0.2, 0) is 23.0 Å². The van der Waals surface area contributed by atoms with Crippen molar-refractivity contribution in [3.63, 3.8) is 0 Å². The summed E-state index contributed by atoms with van der Waals surface area (Å²) in [5, 5.41) is 1.12. The Hall–Kier alpha value is -2.65. The molecule has 2 heterocycles. The number of anilines is 1. The van der Waals surface area contributed by atoms with E-state index in [0.29, 0.717) is 46.3 Å². The average Bonchev–Trinajstić information content (AvgIpc) is 2.80. The molecule has 9 heteroatoms.